The lowest BCUT2D eigenvalue weighted by molar-refractivity contribution is -0.124. The molecule has 1 atom stereocenters. The molecule has 1 unspecified atom stereocenters. The lowest BCUT2D eigenvalue weighted by Gasteiger charge is -2.34. The molecular formula is C18H26FNO. The summed E-state index contributed by atoms with van der Waals surface area (Å²) in [5, 5.41) is 0. The van der Waals surface area contributed by atoms with E-state index in [2.05, 4.69) is 18.7 Å². The van der Waals surface area contributed by atoms with Crippen LogP contribution in [0.1, 0.15) is 51.5 Å². The number of nitrogens with zero attached hydrogens (tertiary/aromatic N) is 1. The molecule has 1 aromatic carbocycles. The quantitative estimate of drug-likeness (QED) is 0.817. The van der Waals surface area contributed by atoms with Crippen molar-refractivity contribution in [3.05, 3.63) is 35.6 Å². The van der Waals surface area contributed by atoms with Gasteiger partial charge in [0.05, 0.1) is 0 Å². The van der Waals surface area contributed by atoms with Crippen LogP contribution < -0.4 is 0 Å². The number of carbonyl (C=O) groups is 1. The van der Waals surface area contributed by atoms with Crippen LogP contribution in [0.5, 0.6) is 0 Å². The maximum atomic E-state index is 12.9. The number of halogens is 1. The number of hydrogen-bond donors (Lipinski definition) is 0. The van der Waals surface area contributed by atoms with Gasteiger partial charge in [0.2, 0.25) is 0 Å². The summed E-state index contributed by atoms with van der Waals surface area (Å²) in [5.41, 5.74) is 1.05. The largest absolute Gasteiger partial charge is 0.301 e. The van der Waals surface area contributed by atoms with Crippen LogP contribution in [0.25, 0.3) is 0 Å². The minimum Gasteiger partial charge on any atom is -0.301 e. The van der Waals surface area contributed by atoms with Gasteiger partial charge >= 0.3 is 0 Å². The molecular weight excluding hydrogens is 265 g/mol. The first-order valence-corrected chi connectivity index (χ1v) is 7.99. The molecule has 3 heteroatoms. The molecule has 1 aliphatic heterocycles. The topological polar surface area (TPSA) is 20.3 Å². The number of hydrogen-bond acceptors (Lipinski definition) is 2. The molecule has 1 saturated heterocycles. The van der Waals surface area contributed by atoms with Gasteiger partial charge in [-0.05, 0) is 63.4 Å². The predicted octanol–water partition coefficient (Wildman–Crippen LogP) is 4.01. The fraction of sp³-hybridized carbons (Fsp3) is 0.611. The van der Waals surface area contributed by atoms with Crippen molar-refractivity contribution in [1.29, 1.82) is 0 Å². The average Bonchev–Trinajstić information content (AvgIpc) is 2.47. The summed E-state index contributed by atoms with van der Waals surface area (Å²) in [4.78, 5) is 14.9. The van der Waals surface area contributed by atoms with Gasteiger partial charge in [0.1, 0.15) is 11.6 Å². The van der Waals surface area contributed by atoms with Crippen LogP contribution in [-0.2, 0) is 4.79 Å². The highest BCUT2D eigenvalue weighted by molar-refractivity contribution is 5.81. The predicted molar refractivity (Wildman–Crippen MR) is 83.9 cm³/mol. The average molecular weight is 291 g/mol. The highest BCUT2D eigenvalue weighted by Gasteiger charge is 2.26. The van der Waals surface area contributed by atoms with Gasteiger partial charge in [-0.2, -0.15) is 0 Å². The SMILES string of the molecule is CC(CC(=O)C1CCN(C(C)C)CC1)c1ccc(F)cc1. The van der Waals surface area contributed by atoms with Gasteiger partial charge in [0, 0.05) is 18.4 Å². The summed E-state index contributed by atoms with van der Waals surface area (Å²) in [6.45, 7) is 8.52. The molecule has 1 aromatic rings. The molecule has 0 amide bonds. The minimum absolute atomic E-state index is 0.168. The molecule has 21 heavy (non-hydrogen) atoms. The molecule has 1 heterocycles. The molecule has 0 aliphatic carbocycles. The first-order valence-electron chi connectivity index (χ1n) is 7.99. The van der Waals surface area contributed by atoms with Gasteiger partial charge in [-0.1, -0.05) is 19.1 Å². The summed E-state index contributed by atoms with van der Waals surface area (Å²) < 4.78 is 12.9. The van der Waals surface area contributed by atoms with Gasteiger partial charge in [-0.25, -0.2) is 4.39 Å². The van der Waals surface area contributed by atoms with Crippen LogP contribution in [-0.4, -0.2) is 29.8 Å². The van der Waals surface area contributed by atoms with E-state index in [1.807, 2.05) is 6.92 Å². The first-order chi connectivity index (χ1) is 9.97. The van der Waals surface area contributed by atoms with E-state index in [4.69, 9.17) is 0 Å². The Morgan fingerprint density at radius 2 is 1.76 bits per heavy atom. The number of benzene rings is 1. The number of Topliss-reactive ketones (excluding diaryl/α,β-unsaturated/α-hetero) is 1. The van der Waals surface area contributed by atoms with Crippen molar-refractivity contribution in [1.82, 2.24) is 4.90 Å². The molecule has 2 rings (SSSR count). The third kappa shape index (κ3) is 4.37. The van der Waals surface area contributed by atoms with E-state index in [1.165, 1.54) is 12.1 Å². The van der Waals surface area contributed by atoms with Crippen LogP contribution in [0, 0.1) is 11.7 Å². The second kappa shape index (κ2) is 7.17. The Labute approximate surface area is 127 Å². The molecule has 2 nitrogen and oxygen atoms in total. The van der Waals surface area contributed by atoms with Crippen molar-refractivity contribution in [3.8, 4) is 0 Å². The van der Waals surface area contributed by atoms with E-state index >= 15 is 0 Å². The van der Waals surface area contributed by atoms with E-state index in [1.54, 1.807) is 12.1 Å². The Balaban J connectivity index is 1.86. The van der Waals surface area contributed by atoms with E-state index in [0.29, 0.717) is 18.2 Å². The van der Waals surface area contributed by atoms with Crippen molar-refractivity contribution in [2.75, 3.05) is 13.1 Å². The fourth-order valence-corrected chi connectivity index (χ4v) is 3.12. The van der Waals surface area contributed by atoms with Crippen molar-refractivity contribution in [2.24, 2.45) is 5.92 Å². The second-order valence-corrected chi connectivity index (χ2v) is 6.53. The molecule has 0 bridgehead atoms. The van der Waals surface area contributed by atoms with E-state index in [-0.39, 0.29) is 17.7 Å². The molecule has 0 radical (unpaired) electrons. The number of likely N-dealkylation sites (tertiary alicyclic amines) is 1. The lowest BCUT2D eigenvalue weighted by Crippen LogP contribution is -2.40. The first kappa shape index (κ1) is 16.2. The summed E-state index contributed by atoms with van der Waals surface area (Å²) in [7, 11) is 0. The normalized spacial score (nSPS) is 18.9. The zero-order chi connectivity index (χ0) is 15.4. The monoisotopic (exact) mass is 291 g/mol. The smallest absolute Gasteiger partial charge is 0.136 e. The van der Waals surface area contributed by atoms with Crippen molar-refractivity contribution >= 4 is 5.78 Å². The van der Waals surface area contributed by atoms with Crippen LogP contribution in [0.2, 0.25) is 0 Å². The fourth-order valence-electron chi connectivity index (χ4n) is 3.12. The molecule has 0 N–H and O–H groups in total. The Bertz CT molecular complexity index is 461. The van der Waals surface area contributed by atoms with E-state index in [9.17, 15) is 9.18 Å². The van der Waals surface area contributed by atoms with Crippen molar-refractivity contribution in [2.45, 2.75) is 52.0 Å². The van der Waals surface area contributed by atoms with Crippen molar-refractivity contribution in [3.63, 3.8) is 0 Å². The number of rotatable bonds is 5. The Hall–Kier alpha value is -1.22. The Kier molecular flexibility index (Phi) is 5.51. The number of ketones is 1. The molecule has 1 fully saturated rings. The standard InChI is InChI=1S/C18H26FNO/c1-13(2)20-10-8-16(9-11-20)18(21)12-14(3)15-4-6-17(19)7-5-15/h4-7,13-14,16H,8-12H2,1-3H3. The minimum atomic E-state index is -0.224. The van der Waals surface area contributed by atoms with E-state index < -0.39 is 0 Å². The van der Waals surface area contributed by atoms with Gasteiger partial charge in [-0.3, -0.25) is 4.79 Å². The summed E-state index contributed by atoms with van der Waals surface area (Å²) in [6, 6.07) is 7.08. The molecule has 0 aromatic heterocycles. The van der Waals surface area contributed by atoms with Gasteiger partial charge < -0.3 is 4.90 Å². The molecule has 0 spiro atoms. The highest BCUT2D eigenvalue weighted by atomic mass is 19.1. The zero-order valence-electron chi connectivity index (χ0n) is 13.3. The molecule has 116 valence electrons. The number of carbonyl (C=O) groups excluding carboxylic acids is 1. The van der Waals surface area contributed by atoms with E-state index in [0.717, 1.165) is 31.5 Å². The van der Waals surface area contributed by atoms with Crippen LogP contribution in [0.4, 0.5) is 4.39 Å². The molecule has 1 aliphatic rings. The maximum absolute atomic E-state index is 12.9. The van der Waals surface area contributed by atoms with Crippen LogP contribution >= 0.6 is 0 Å². The number of piperidine rings is 1. The van der Waals surface area contributed by atoms with Gasteiger partial charge in [-0.15, -0.1) is 0 Å². The van der Waals surface area contributed by atoms with Crippen LogP contribution in [0.15, 0.2) is 24.3 Å². The Morgan fingerprint density at radius 3 is 2.29 bits per heavy atom. The summed E-state index contributed by atoms with van der Waals surface area (Å²) in [5.74, 6) is 0.526. The zero-order valence-corrected chi connectivity index (χ0v) is 13.3. The molecule has 0 saturated carbocycles. The third-order valence-corrected chi connectivity index (χ3v) is 4.66. The highest BCUT2D eigenvalue weighted by Crippen LogP contribution is 2.26. The third-order valence-electron chi connectivity index (χ3n) is 4.66. The summed E-state index contributed by atoms with van der Waals surface area (Å²) >= 11 is 0. The Morgan fingerprint density at radius 1 is 1.19 bits per heavy atom. The lowest BCUT2D eigenvalue weighted by atomic mass is 9.85. The van der Waals surface area contributed by atoms with Gasteiger partial charge in [0.25, 0.3) is 0 Å². The second-order valence-electron chi connectivity index (χ2n) is 6.53. The van der Waals surface area contributed by atoms with Crippen LogP contribution in [0.3, 0.4) is 0 Å². The summed E-state index contributed by atoms with van der Waals surface area (Å²) in [6.07, 6.45) is 2.53. The maximum Gasteiger partial charge on any atom is 0.136 e. The van der Waals surface area contributed by atoms with Crippen molar-refractivity contribution < 1.29 is 9.18 Å². The van der Waals surface area contributed by atoms with Gasteiger partial charge in [0.15, 0.2) is 0 Å².